The van der Waals surface area contributed by atoms with Gasteiger partial charge in [-0.3, -0.25) is 4.79 Å². The number of carbonyl (C=O) groups is 1. The SMILES string of the molecule is NCc1ccc(C(=O)Nc2ccon2)cc1. The van der Waals surface area contributed by atoms with Gasteiger partial charge in [0.05, 0.1) is 0 Å². The summed E-state index contributed by atoms with van der Waals surface area (Å²) < 4.78 is 4.61. The zero-order valence-electron chi connectivity index (χ0n) is 8.51. The van der Waals surface area contributed by atoms with Crippen molar-refractivity contribution < 1.29 is 9.32 Å². The van der Waals surface area contributed by atoms with E-state index in [2.05, 4.69) is 15.0 Å². The summed E-state index contributed by atoms with van der Waals surface area (Å²) in [5, 5.41) is 6.19. The molecule has 82 valence electrons. The van der Waals surface area contributed by atoms with Gasteiger partial charge in [-0.05, 0) is 17.7 Å². The Labute approximate surface area is 92.2 Å². The summed E-state index contributed by atoms with van der Waals surface area (Å²) in [6.45, 7) is 0.463. The van der Waals surface area contributed by atoms with Crippen LogP contribution in [0, 0.1) is 0 Å². The predicted octanol–water partition coefficient (Wildman–Crippen LogP) is 1.39. The van der Waals surface area contributed by atoms with E-state index in [1.54, 1.807) is 18.2 Å². The summed E-state index contributed by atoms with van der Waals surface area (Å²) in [4.78, 5) is 11.7. The van der Waals surface area contributed by atoms with Crippen molar-refractivity contribution in [3.63, 3.8) is 0 Å². The lowest BCUT2D eigenvalue weighted by Crippen LogP contribution is -2.12. The third kappa shape index (κ3) is 2.26. The third-order valence-corrected chi connectivity index (χ3v) is 2.13. The maximum absolute atomic E-state index is 11.7. The van der Waals surface area contributed by atoms with E-state index in [0.717, 1.165) is 5.56 Å². The molecule has 2 rings (SSSR count). The van der Waals surface area contributed by atoms with Gasteiger partial charge in [-0.15, -0.1) is 0 Å². The highest BCUT2D eigenvalue weighted by molar-refractivity contribution is 6.03. The van der Waals surface area contributed by atoms with E-state index in [9.17, 15) is 4.79 Å². The molecule has 0 saturated heterocycles. The molecular weight excluding hydrogens is 206 g/mol. The van der Waals surface area contributed by atoms with Crippen LogP contribution in [0.3, 0.4) is 0 Å². The van der Waals surface area contributed by atoms with Gasteiger partial charge in [-0.25, -0.2) is 0 Å². The van der Waals surface area contributed by atoms with Crippen molar-refractivity contribution >= 4 is 11.7 Å². The minimum absolute atomic E-state index is 0.225. The molecule has 0 saturated carbocycles. The van der Waals surface area contributed by atoms with E-state index in [1.807, 2.05) is 12.1 Å². The first kappa shape index (κ1) is 10.4. The normalized spacial score (nSPS) is 10.1. The molecule has 2 aromatic rings. The number of amides is 1. The molecular formula is C11H11N3O2. The second-order valence-electron chi connectivity index (χ2n) is 3.24. The summed E-state index contributed by atoms with van der Waals surface area (Å²) in [6, 6.07) is 8.65. The largest absolute Gasteiger partial charge is 0.363 e. The molecule has 0 aliphatic carbocycles. The molecule has 1 aromatic heterocycles. The standard InChI is InChI=1S/C11H11N3O2/c12-7-8-1-3-9(4-2-8)11(15)13-10-5-6-16-14-10/h1-6H,7,12H2,(H,13,14,15). The lowest BCUT2D eigenvalue weighted by molar-refractivity contribution is 0.102. The van der Waals surface area contributed by atoms with E-state index in [4.69, 9.17) is 5.73 Å². The van der Waals surface area contributed by atoms with Crippen LogP contribution in [0.5, 0.6) is 0 Å². The molecule has 0 bridgehead atoms. The highest BCUT2D eigenvalue weighted by Crippen LogP contribution is 2.07. The summed E-state index contributed by atoms with van der Waals surface area (Å²) in [5.74, 6) is 0.172. The monoisotopic (exact) mass is 217 g/mol. The fourth-order valence-electron chi connectivity index (χ4n) is 1.26. The number of benzene rings is 1. The summed E-state index contributed by atoms with van der Waals surface area (Å²) in [7, 11) is 0. The van der Waals surface area contributed by atoms with Gasteiger partial charge in [-0.1, -0.05) is 17.3 Å². The Bertz CT molecular complexity index is 462. The average Bonchev–Trinajstić information content (AvgIpc) is 2.82. The van der Waals surface area contributed by atoms with Crippen molar-refractivity contribution in [1.82, 2.24) is 5.16 Å². The van der Waals surface area contributed by atoms with Crippen molar-refractivity contribution in [3.8, 4) is 0 Å². The van der Waals surface area contributed by atoms with Crippen LogP contribution in [-0.4, -0.2) is 11.1 Å². The molecule has 0 aliphatic rings. The van der Waals surface area contributed by atoms with Crippen molar-refractivity contribution in [1.29, 1.82) is 0 Å². The van der Waals surface area contributed by atoms with Gasteiger partial charge in [-0.2, -0.15) is 0 Å². The van der Waals surface area contributed by atoms with Gasteiger partial charge in [0.2, 0.25) is 0 Å². The third-order valence-electron chi connectivity index (χ3n) is 2.13. The molecule has 0 fully saturated rings. The Morgan fingerprint density at radius 2 is 2.06 bits per heavy atom. The van der Waals surface area contributed by atoms with E-state index in [-0.39, 0.29) is 5.91 Å². The number of anilines is 1. The summed E-state index contributed by atoms with van der Waals surface area (Å²) >= 11 is 0. The lowest BCUT2D eigenvalue weighted by Gasteiger charge is -2.02. The maximum Gasteiger partial charge on any atom is 0.256 e. The molecule has 0 spiro atoms. The van der Waals surface area contributed by atoms with Crippen molar-refractivity contribution in [3.05, 3.63) is 47.7 Å². The number of nitrogens with one attached hydrogen (secondary N) is 1. The van der Waals surface area contributed by atoms with Gasteiger partial charge >= 0.3 is 0 Å². The van der Waals surface area contributed by atoms with Crippen molar-refractivity contribution in [2.45, 2.75) is 6.54 Å². The van der Waals surface area contributed by atoms with Gasteiger partial charge in [0, 0.05) is 18.2 Å². The van der Waals surface area contributed by atoms with Gasteiger partial charge in [0.15, 0.2) is 5.82 Å². The smallest absolute Gasteiger partial charge is 0.256 e. The number of rotatable bonds is 3. The first-order valence-corrected chi connectivity index (χ1v) is 4.80. The zero-order chi connectivity index (χ0) is 11.4. The molecule has 0 radical (unpaired) electrons. The first-order valence-electron chi connectivity index (χ1n) is 4.80. The highest BCUT2D eigenvalue weighted by atomic mass is 16.5. The summed E-state index contributed by atoms with van der Waals surface area (Å²) in [5.41, 5.74) is 7.00. The molecule has 16 heavy (non-hydrogen) atoms. The minimum atomic E-state index is -0.225. The van der Waals surface area contributed by atoms with Gasteiger partial charge in [0.25, 0.3) is 5.91 Å². The molecule has 3 N–H and O–H groups in total. The van der Waals surface area contributed by atoms with E-state index in [1.165, 1.54) is 6.26 Å². The van der Waals surface area contributed by atoms with E-state index < -0.39 is 0 Å². The number of nitrogens with zero attached hydrogens (tertiary/aromatic N) is 1. The predicted molar refractivity (Wildman–Crippen MR) is 58.8 cm³/mol. The molecule has 1 heterocycles. The Morgan fingerprint density at radius 3 is 2.62 bits per heavy atom. The molecule has 0 atom stereocenters. The quantitative estimate of drug-likeness (QED) is 0.813. The van der Waals surface area contributed by atoms with Crippen molar-refractivity contribution in [2.24, 2.45) is 5.73 Å². The van der Waals surface area contributed by atoms with Crippen LogP contribution >= 0.6 is 0 Å². The number of hydrogen-bond donors (Lipinski definition) is 2. The van der Waals surface area contributed by atoms with E-state index in [0.29, 0.717) is 17.9 Å². The second-order valence-corrected chi connectivity index (χ2v) is 3.24. The Hall–Kier alpha value is -2.14. The minimum Gasteiger partial charge on any atom is -0.363 e. The maximum atomic E-state index is 11.7. The molecule has 5 heteroatoms. The van der Waals surface area contributed by atoms with Crippen LogP contribution < -0.4 is 11.1 Å². The van der Waals surface area contributed by atoms with Crippen LogP contribution in [0.15, 0.2) is 41.1 Å². The molecule has 5 nitrogen and oxygen atoms in total. The fourth-order valence-corrected chi connectivity index (χ4v) is 1.26. The summed E-state index contributed by atoms with van der Waals surface area (Å²) in [6.07, 6.45) is 1.40. The topological polar surface area (TPSA) is 81.2 Å². The molecule has 1 amide bonds. The Morgan fingerprint density at radius 1 is 1.31 bits per heavy atom. The van der Waals surface area contributed by atoms with Crippen LogP contribution in [0.2, 0.25) is 0 Å². The zero-order valence-corrected chi connectivity index (χ0v) is 8.51. The van der Waals surface area contributed by atoms with Crippen molar-refractivity contribution in [2.75, 3.05) is 5.32 Å². The molecule has 0 aliphatic heterocycles. The van der Waals surface area contributed by atoms with Crippen LogP contribution in [0.1, 0.15) is 15.9 Å². The van der Waals surface area contributed by atoms with E-state index >= 15 is 0 Å². The number of hydrogen-bond acceptors (Lipinski definition) is 4. The Kier molecular flexibility index (Phi) is 2.98. The highest BCUT2D eigenvalue weighted by Gasteiger charge is 2.06. The van der Waals surface area contributed by atoms with Crippen LogP contribution in [0.4, 0.5) is 5.82 Å². The van der Waals surface area contributed by atoms with Gasteiger partial charge < -0.3 is 15.6 Å². The fraction of sp³-hybridized carbons (Fsp3) is 0.0909. The Balaban J connectivity index is 2.09. The number of carbonyl (C=O) groups excluding carboxylic acids is 1. The number of nitrogens with two attached hydrogens (primary N) is 1. The molecule has 0 unspecified atom stereocenters. The first-order chi connectivity index (χ1) is 7.79. The van der Waals surface area contributed by atoms with Crippen LogP contribution in [0.25, 0.3) is 0 Å². The van der Waals surface area contributed by atoms with Crippen LogP contribution in [-0.2, 0) is 6.54 Å². The average molecular weight is 217 g/mol. The molecule has 1 aromatic carbocycles. The lowest BCUT2D eigenvalue weighted by atomic mass is 10.1. The van der Waals surface area contributed by atoms with Gasteiger partial charge in [0.1, 0.15) is 6.26 Å². The second kappa shape index (κ2) is 4.59. The number of aromatic nitrogens is 1.